The van der Waals surface area contributed by atoms with Crippen molar-refractivity contribution < 1.29 is 49.2 Å². The van der Waals surface area contributed by atoms with E-state index in [9.17, 15) is 0 Å². The van der Waals surface area contributed by atoms with Crippen LogP contribution in [0.15, 0.2) is 20.0 Å². The van der Waals surface area contributed by atoms with Gasteiger partial charge in [-0.1, -0.05) is 0 Å². The van der Waals surface area contributed by atoms with Gasteiger partial charge >= 0.3 is 78.0 Å². The molecular formula is C9H17Cl2HfSi. The summed E-state index contributed by atoms with van der Waals surface area (Å²) >= 11 is 1.23. The molecule has 0 saturated carbocycles. The van der Waals surface area contributed by atoms with Crippen molar-refractivity contribution in [3.63, 3.8) is 0 Å². The summed E-state index contributed by atoms with van der Waals surface area (Å²) in [7, 11) is 0. The van der Waals surface area contributed by atoms with E-state index in [1.165, 1.54) is 29.9 Å². The second-order valence-electron chi connectivity index (χ2n) is 3.07. The van der Waals surface area contributed by atoms with Gasteiger partial charge in [0.1, 0.15) is 0 Å². The Morgan fingerprint density at radius 3 is 1.46 bits per heavy atom. The summed E-state index contributed by atoms with van der Waals surface area (Å²) in [4.78, 5) is 0. The summed E-state index contributed by atoms with van der Waals surface area (Å²) in [5, 5.41) is 0. The Labute approximate surface area is 113 Å². The van der Waals surface area contributed by atoms with Crippen LogP contribution in [-0.2, 0) is 24.4 Å². The molecule has 0 amide bonds. The average molecular weight is 403 g/mol. The molecule has 0 radical (unpaired) electrons. The minimum absolute atomic E-state index is 0. The normalized spacial score (nSPS) is 20.6. The van der Waals surface area contributed by atoms with Gasteiger partial charge in [-0.2, -0.15) is 0 Å². The van der Waals surface area contributed by atoms with Crippen molar-refractivity contribution in [1.82, 2.24) is 0 Å². The van der Waals surface area contributed by atoms with E-state index in [2.05, 4.69) is 27.7 Å². The van der Waals surface area contributed by atoms with Crippen molar-refractivity contribution in [3.05, 3.63) is 20.0 Å². The first-order valence-corrected chi connectivity index (χ1v) is 5.45. The fraction of sp³-hybridized carbons (Fsp3) is 0.556. The molecule has 13 heavy (non-hydrogen) atoms. The quantitative estimate of drug-likeness (QED) is 0.358. The van der Waals surface area contributed by atoms with Crippen LogP contribution in [0, 0.1) is 5.92 Å². The van der Waals surface area contributed by atoms with E-state index in [0.717, 1.165) is 5.92 Å². The summed E-state index contributed by atoms with van der Waals surface area (Å²) in [5.74, 6) is 0.756. The van der Waals surface area contributed by atoms with Gasteiger partial charge in [-0.15, -0.1) is 0 Å². The Morgan fingerprint density at radius 2 is 1.38 bits per heavy atom. The van der Waals surface area contributed by atoms with Crippen LogP contribution in [0.25, 0.3) is 0 Å². The minimum Gasteiger partial charge on any atom is -1.00 e. The predicted octanol–water partition coefficient (Wildman–Crippen LogP) is -4.65. The summed E-state index contributed by atoms with van der Waals surface area (Å²) in [6, 6.07) is 0. The molecule has 1 rings (SSSR count). The Kier molecular flexibility index (Phi) is 11.3. The molecule has 0 nitrogen and oxygen atoms in total. The van der Waals surface area contributed by atoms with Crippen molar-refractivity contribution >= 4 is 11.0 Å². The zero-order valence-corrected chi connectivity index (χ0v) is 12.9. The Morgan fingerprint density at radius 1 is 1.00 bits per heavy atom. The van der Waals surface area contributed by atoms with E-state index in [4.69, 9.17) is 0 Å². The maximum absolute atomic E-state index is 2.32. The summed E-state index contributed by atoms with van der Waals surface area (Å²) < 4.78 is 1.69. The zero-order valence-electron chi connectivity index (χ0n) is 7.83. The SMILES string of the molecule is CC1=C(C)C(C)[C]([Hf+2])=C1C.[Cl-].[Cl-].[SiH4]. The molecule has 0 spiro atoms. The van der Waals surface area contributed by atoms with E-state index < -0.39 is 0 Å². The smallest absolute Gasteiger partial charge is 0.0149 e. The first-order valence-electron chi connectivity index (χ1n) is 3.65. The molecule has 0 fully saturated rings. The van der Waals surface area contributed by atoms with Crippen molar-refractivity contribution in [1.29, 1.82) is 0 Å². The van der Waals surface area contributed by atoms with Crippen LogP contribution in [0.4, 0.5) is 0 Å². The van der Waals surface area contributed by atoms with E-state index in [1.807, 2.05) is 0 Å². The number of rotatable bonds is 0. The minimum atomic E-state index is 0. The van der Waals surface area contributed by atoms with Gasteiger partial charge in [-0.3, -0.25) is 0 Å². The third-order valence-electron chi connectivity index (χ3n) is 2.64. The van der Waals surface area contributed by atoms with Crippen LogP contribution < -0.4 is 24.8 Å². The molecule has 0 aromatic rings. The van der Waals surface area contributed by atoms with Gasteiger partial charge in [0.05, 0.1) is 0 Å². The van der Waals surface area contributed by atoms with E-state index >= 15 is 0 Å². The first-order chi connectivity index (χ1) is 4.55. The molecule has 0 heterocycles. The zero-order chi connectivity index (χ0) is 7.89. The fourth-order valence-electron chi connectivity index (χ4n) is 1.36. The molecule has 0 N–H and O–H groups in total. The van der Waals surface area contributed by atoms with E-state index in [1.54, 1.807) is 14.5 Å². The van der Waals surface area contributed by atoms with Gasteiger partial charge in [0.25, 0.3) is 0 Å². The van der Waals surface area contributed by atoms with Crippen LogP contribution in [-0.4, -0.2) is 11.0 Å². The van der Waals surface area contributed by atoms with Crippen molar-refractivity contribution in [2.24, 2.45) is 5.92 Å². The molecule has 1 unspecified atom stereocenters. The molecule has 1 atom stereocenters. The topological polar surface area (TPSA) is 0 Å². The molecule has 0 saturated heterocycles. The van der Waals surface area contributed by atoms with Gasteiger partial charge in [0.2, 0.25) is 0 Å². The van der Waals surface area contributed by atoms with Crippen LogP contribution in [0.5, 0.6) is 0 Å². The Hall–Kier alpha value is 1.15. The second kappa shape index (κ2) is 7.44. The van der Waals surface area contributed by atoms with Crippen LogP contribution in [0.1, 0.15) is 27.7 Å². The van der Waals surface area contributed by atoms with Crippen molar-refractivity contribution in [3.8, 4) is 0 Å². The van der Waals surface area contributed by atoms with Gasteiger partial charge in [-0.25, -0.2) is 0 Å². The largest absolute Gasteiger partial charge is 1.00 e. The summed E-state index contributed by atoms with van der Waals surface area (Å²) in [5.41, 5.74) is 4.69. The first kappa shape index (κ1) is 19.7. The van der Waals surface area contributed by atoms with Crippen LogP contribution in [0.2, 0.25) is 0 Å². The summed E-state index contributed by atoms with van der Waals surface area (Å²) in [6.07, 6.45) is 0. The third kappa shape index (κ3) is 3.65. The monoisotopic (exact) mass is 403 g/mol. The molecule has 75 valence electrons. The molecule has 1 aliphatic rings. The standard InChI is InChI=1S/C9H13.2ClH.Hf.H4Si/c1-6-5-7(2)9(4)8(6)3;;;;/h6H,1-4H3;2*1H;;1H4/q;;;+2;/p-2. The third-order valence-corrected chi connectivity index (χ3v) is 5.54. The molecule has 0 aromatic carbocycles. The van der Waals surface area contributed by atoms with Crippen molar-refractivity contribution in [2.45, 2.75) is 27.7 Å². The van der Waals surface area contributed by atoms with Gasteiger partial charge in [0.15, 0.2) is 0 Å². The van der Waals surface area contributed by atoms with Crippen LogP contribution >= 0.6 is 0 Å². The second-order valence-corrected chi connectivity index (χ2v) is 5.00. The van der Waals surface area contributed by atoms with E-state index in [-0.39, 0.29) is 35.8 Å². The number of halogens is 2. The maximum atomic E-state index is 2.32. The van der Waals surface area contributed by atoms with Gasteiger partial charge in [-0.05, 0) is 11.0 Å². The molecule has 0 bridgehead atoms. The summed E-state index contributed by atoms with van der Waals surface area (Å²) in [6.45, 7) is 9.07. The number of allylic oxidation sites excluding steroid dienone is 4. The van der Waals surface area contributed by atoms with Crippen LogP contribution in [0.3, 0.4) is 0 Å². The maximum Gasteiger partial charge on any atom is -0.0149 e. The Bertz CT molecular complexity index is 210. The van der Waals surface area contributed by atoms with Crippen molar-refractivity contribution in [2.75, 3.05) is 0 Å². The van der Waals surface area contributed by atoms with Gasteiger partial charge in [0, 0.05) is 0 Å². The molecule has 0 aliphatic heterocycles. The number of hydrogen-bond donors (Lipinski definition) is 0. The van der Waals surface area contributed by atoms with E-state index in [0.29, 0.717) is 0 Å². The average Bonchev–Trinajstić information content (AvgIpc) is 2.07. The molecule has 4 heteroatoms. The predicted molar refractivity (Wildman–Crippen MR) is 51.6 cm³/mol. The fourth-order valence-corrected chi connectivity index (χ4v) is 2.82. The molecule has 0 aromatic heterocycles. The van der Waals surface area contributed by atoms with Gasteiger partial charge < -0.3 is 24.8 Å². The molecule has 1 aliphatic carbocycles. The number of hydrogen-bond acceptors (Lipinski definition) is 0. The molecular weight excluding hydrogens is 386 g/mol. The Balaban J connectivity index is -0.000000333.